The Morgan fingerprint density at radius 1 is 1.32 bits per heavy atom. The van der Waals surface area contributed by atoms with Gasteiger partial charge in [-0.05, 0) is 30.4 Å². The van der Waals surface area contributed by atoms with Crippen LogP contribution in [0.1, 0.15) is 6.42 Å². The highest BCUT2D eigenvalue weighted by atomic mass is 35.5. The van der Waals surface area contributed by atoms with Gasteiger partial charge >= 0.3 is 5.97 Å². The zero-order valence-electron chi connectivity index (χ0n) is 10.1. The van der Waals surface area contributed by atoms with Gasteiger partial charge < -0.3 is 10.8 Å². The van der Waals surface area contributed by atoms with Gasteiger partial charge in [0.2, 0.25) is 0 Å². The predicted octanol–water partition coefficient (Wildman–Crippen LogP) is 3.62. The second-order valence-electron chi connectivity index (χ2n) is 3.77. The fraction of sp³-hybridized carbons (Fsp3) is 0.417. The summed E-state index contributed by atoms with van der Waals surface area (Å²) in [6.45, 7) is 0. The number of benzene rings is 1. The van der Waals surface area contributed by atoms with Crippen LogP contribution in [0.25, 0.3) is 0 Å². The average Bonchev–Trinajstić information content (AvgIpc) is 2.37. The lowest BCUT2D eigenvalue weighted by Gasteiger charge is -2.06. The lowest BCUT2D eigenvalue weighted by molar-refractivity contribution is -0.138. The van der Waals surface area contributed by atoms with Crippen molar-refractivity contribution in [3.05, 3.63) is 28.2 Å². The Hall–Kier alpha value is -0.0700. The molecule has 0 saturated heterocycles. The van der Waals surface area contributed by atoms with Crippen LogP contribution in [-0.2, 0) is 4.79 Å². The van der Waals surface area contributed by atoms with Crippen molar-refractivity contribution in [2.24, 2.45) is 5.73 Å². The monoisotopic (exact) mass is 339 g/mol. The Morgan fingerprint density at radius 3 is 2.74 bits per heavy atom. The van der Waals surface area contributed by atoms with Crippen molar-refractivity contribution in [3.8, 4) is 0 Å². The molecule has 1 aromatic carbocycles. The van der Waals surface area contributed by atoms with Crippen LogP contribution in [0.4, 0.5) is 0 Å². The second kappa shape index (κ2) is 8.97. The minimum absolute atomic E-state index is 0.489. The molecule has 0 aromatic heterocycles. The van der Waals surface area contributed by atoms with Crippen molar-refractivity contribution in [3.63, 3.8) is 0 Å². The van der Waals surface area contributed by atoms with Gasteiger partial charge in [0.05, 0.1) is 5.02 Å². The van der Waals surface area contributed by atoms with Gasteiger partial charge in [-0.3, -0.25) is 4.79 Å². The summed E-state index contributed by atoms with van der Waals surface area (Å²) in [6.07, 6.45) is 0.489. The summed E-state index contributed by atoms with van der Waals surface area (Å²) in [6, 6.07) is 4.63. The maximum absolute atomic E-state index is 10.5. The molecular weight excluding hydrogens is 325 g/mol. The number of nitrogens with two attached hydrogens (primary N) is 1. The molecule has 1 unspecified atom stereocenters. The molecule has 106 valence electrons. The molecule has 0 radical (unpaired) electrons. The van der Waals surface area contributed by atoms with Crippen molar-refractivity contribution in [1.82, 2.24) is 0 Å². The zero-order chi connectivity index (χ0) is 14.3. The van der Waals surface area contributed by atoms with E-state index in [9.17, 15) is 4.79 Å². The molecule has 0 aliphatic heterocycles. The van der Waals surface area contributed by atoms with E-state index in [2.05, 4.69) is 0 Å². The first-order chi connectivity index (χ1) is 9.00. The summed E-state index contributed by atoms with van der Waals surface area (Å²) in [7, 11) is 0. The smallest absolute Gasteiger partial charge is 0.320 e. The van der Waals surface area contributed by atoms with Gasteiger partial charge in [0.15, 0.2) is 0 Å². The van der Waals surface area contributed by atoms with Gasteiger partial charge in [-0.2, -0.15) is 11.8 Å². The molecule has 0 bridgehead atoms. The lowest BCUT2D eigenvalue weighted by Crippen LogP contribution is -2.30. The number of rotatable bonds is 8. The third kappa shape index (κ3) is 6.77. The van der Waals surface area contributed by atoms with E-state index < -0.39 is 12.0 Å². The van der Waals surface area contributed by atoms with Gasteiger partial charge in [0, 0.05) is 21.4 Å². The summed E-state index contributed by atoms with van der Waals surface area (Å²) in [5, 5.41) is 10.00. The van der Waals surface area contributed by atoms with Gasteiger partial charge in [0.1, 0.15) is 6.04 Å². The number of carbonyl (C=O) groups is 1. The van der Waals surface area contributed by atoms with E-state index in [0.717, 1.165) is 22.2 Å². The first kappa shape index (κ1) is 17.0. The van der Waals surface area contributed by atoms with Crippen molar-refractivity contribution < 1.29 is 9.90 Å². The van der Waals surface area contributed by atoms with Gasteiger partial charge in [-0.15, -0.1) is 11.8 Å². The molecule has 0 spiro atoms. The molecule has 3 nitrogen and oxygen atoms in total. The Morgan fingerprint density at radius 2 is 2.05 bits per heavy atom. The number of carboxylic acid groups (broad SMARTS) is 1. The Labute approximate surface area is 131 Å². The fourth-order valence-corrected chi connectivity index (χ4v) is 3.82. The highest BCUT2D eigenvalue weighted by molar-refractivity contribution is 8.03. The molecule has 0 aliphatic carbocycles. The van der Waals surface area contributed by atoms with Crippen LogP contribution in [0.3, 0.4) is 0 Å². The molecule has 0 saturated carbocycles. The quantitative estimate of drug-likeness (QED) is 0.559. The largest absolute Gasteiger partial charge is 0.480 e. The van der Waals surface area contributed by atoms with Gasteiger partial charge in [0.25, 0.3) is 0 Å². The number of aliphatic carboxylic acids is 1. The first-order valence-corrected chi connectivity index (χ1v) is 8.54. The molecule has 3 N–H and O–H groups in total. The van der Waals surface area contributed by atoms with E-state index in [4.69, 9.17) is 34.0 Å². The summed E-state index contributed by atoms with van der Waals surface area (Å²) in [4.78, 5) is 11.5. The van der Waals surface area contributed by atoms with Crippen molar-refractivity contribution >= 4 is 52.7 Å². The topological polar surface area (TPSA) is 63.3 Å². The normalized spacial score (nSPS) is 12.4. The predicted molar refractivity (Wildman–Crippen MR) is 84.7 cm³/mol. The zero-order valence-corrected chi connectivity index (χ0v) is 13.3. The van der Waals surface area contributed by atoms with Crippen LogP contribution in [0, 0.1) is 0 Å². The Kier molecular flexibility index (Phi) is 8.02. The molecular formula is C12H15Cl2NO2S2. The van der Waals surface area contributed by atoms with Crippen LogP contribution >= 0.6 is 46.7 Å². The van der Waals surface area contributed by atoms with E-state index in [1.807, 2.05) is 6.07 Å². The van der Waals surface area contributed by atoms with Crippen LogP contribution in [-0.4, -0.2) is 34.4 Å². The summed E-state index contributed by atoms with van der Waals surface area (Å²) in [5.74, 6) is 1.62. The van der Waals surface area contributed by atoms with E-state index >= 15 is 0 Å². The highest BCUT2D eigenvalue weighted by Crippen LogP contribution is 2.30. The first-order valence-electron chi connectivity index (χ1n) is 5.64. The van der Waals surface area contributed by atoms with Crippen molar-refractivity contribution in [1.29, 1.82) is 0 Å². The molecule has 0 amide bonds. The van der Waals surface area contributed by atoms with Gasteiger partial charge in [-0.1, -0.05) is 23.2 Å². The van der Waals surface area contributed by atoms with E-state index in [0.29, 0.717) is 16.5 Å². The minimum Gasteiger partial charge on any atom is -0.480 e. The number of thioether (sulfide) groups is 2. The van der Waals surface area contributed by atoms with Crippen molar-refractivity contribution in [2.45, 2.75) is 17.4 Å². The van der Waals surface area contributed by atoms with Crippen molar-refractivity contribution in [2.75, 3.05) is 17.3 Å². The maximum atomic E-state index is 10.5. The molecule has 1 aromatic rings. The number of carboxylic acids is 1. The number of halogens is 2. The summed E-state index contributed by atoms with van der Waals surface area (Å²) >= 11 is 15.3. The van der Waals surface area contributed by atoms with E-state index in [1.54, 1.807) is 35.7 Å². The molecule has 0 aliphatic rings. The Balaban J connectivity index is 2.17. The third-order valence-electron chi connectivity index (χ3n) is 2.27. The standard InChI is InChI=1S/C12H15Cl2NO2S2/c13-8-1-2-9(14)11(7-8)19-6-5-18-4-3-10(15)12(16)17/h1-2,7,10H,3-6,15H2,(H,16,17). The molecule has 1 atom stereocenters. The third-order valence-corrected chi connectivity index (χ3v) is 5.28. The van der Waals surface area contributed by atoms with Crippen LogP contribution < -0.4 is 5.73 Å². The lowest BCUT2D eigenvalue weighted by atomic mass is 10.2. The second-order valence-corrected chi connectivity index (χ2v) is 6.97. The van der Waals surface area contributed by atoms with Crippen LogP contribution in [0.15, 0.2) is 23.1 Å². The van der Waals surface area contributed by atoms with Crippen LogP contribution in [0.5, 0.6) is 0 Å². The summed E-state index contributed by atoms with van der Waals surface area (Å²) in [5.41, 5.74) is 5.41. The molecule has 19 heavy (non-hydrogen) atoms. The number of hydrogen-bond donors (Lipinski definition) is 2. The molecule has 0 heterocycles. The minimum atomic E-state index is -0.944. The highest BCUT2D eigenvalue weighted by Gasteiger charge is 2.10. The molecule has 1 rings (SSSR count). The molecule has 0 fully saturated rings. The average molecular weight is 340 g/mol. The SMILES string of the molecule is NC(CCSCCSc1cc(Cl)ccc1Cl)C(=O)O. The van der Waals surface area contributed by atoms with Gasteiger partial charge in [-0.25, -0.2) is 0 Å². The fourth-order valence-electron chi connectivity index (χ4n) is 1.23. The van der Waals surface area contributed by atoms with Crippen LogP contribution in [0.2, 0.25) is 10.0 Å². The number of hydrogen-bond acceptors (Lipinski definition) is 4. The maximum Gasteiger partial charge on any atom is 0.320 e. The molecule has 7 heteroatoms. The Bertz CT molecular complexity index is 432. The van der Waals surface area contributed by atoms with E-state index in [-0.39, 0.29) is 0 Å². The van der Waals surface area contributed by atoms with E-state index in [1.165, 1.54) is 0 Å². The summed E-state index contributed by atoms with van der Waals surface area (Å²) < 4.78 is 0.